The number of carbonyl (C=O) groups is 1. The maximum atomic E-state index is 12.4. The highest BCUT2D eigenvalue weighted by Gasteiger charge is 2.21. The van der Waals surface area contributed by atoms with E-state index in [1.807, 2.05) is 0 Å². The monoisotopic (exact) mass is 318 g/mol. The van der Waals surface area contributed by atoms with E-state index >= 15 is 0 Å². The standard InChI is InChI=1S/C14H20F2N2O4/c1-14(2,17)7-18-12(19)8-5-9(20-3)11(22-13(15)16)10(6-8)21-4/h5-6,13H,7,17H2,1-4H3,(H,18,19). The minimum absolute atomic E-state index is 0.0307. The normalized spacial score (nSPS) is 11.3. The van der Waals surface area contributed by atoms with Crippen molar-refractivity contribution in [2.45, 2.75) is 26.0 Å². The largest absolute Gasteiger partial charge is 0.493 e. The van der Waals surface area contributed by atoms with Gasteiger partial charge in [-0.15, -0.1) is 0 Å². The van der Waals surface area contributed by atoms with Gasteiger partial charge in [-0.05, 0) is 26.0 Å². The Labute approximate surface area is 127 Å². The van der Waals surface area contributed by atoms with Crippen molar-refractivity contribution in [3.63, 3.8) is 0 Å². The van der Waals surface area contributed by atoms with Crippen molar-refractivity contribution in [1.29, 1.82) is 0 Å². The summed E-state index contributed by atoms with van der Waals surface area (Å²) in [5.41, 5.74) is 5.38. The smallest absolute Gasteiger partial charge is 0.387 e. The van der Waals surface area contributed by atoms with E-state index in [0.29, 0.717) is 0 Å². The molecular weight excluding hydrogens is 298 g/mol. The maximum absolute atomic E-state index is 12.4. The predicted octanol–water partition coefficient (Wildman–Crippen LogP) is 1.77. The molecule has 1 amide bonds. The van der Waals surface area contributed by atoms with Gasteiger partial charge in [-0.25, -0.2) is 0 Å². The molecule has 0 aliphatic rings. The van der Waals surface area contributed by atoms with Crippen LogP contribution in [0, 0.1) is 0 Å². The van der Waals surface area contributed by atoms with Crippen LogP contribution in [0.1, 0.15) is 24.2 Å². The SMILES string of the molecule is COc1cc(C(=O)NCC(C)(C)N)cc(OC)c1OC(F)F. The molecule has 0 aliphatic heterocycles. The lowest BCUT2D eigenvalue weighted by atomic mass is 10.1. The van der Waals surface area contributed by atoms with Crippen molar-refractivity contribution in [3.05, 3.63) is 17.7 Å². The van der Waals surface area contributed by atoms with Crippen molar-refractivity contribution in [2.24, 2.45) is 5.73 Å². The van der Waals surface area contributed by atoms with E-state index in [0.717, 1.165) is 0 Å². The van der Waals surface area contributed by atoms with E-state index in [-0.39, 0.29) is 29.4 Å². The van der Waals surface area contributed by atoms with Crippen LogP contribution >= 0.6 is 0 Å². The summed E-state index contributed by atoms with van der Waals surface area (Å²) in [4.78, 5) is 12.1. The van der Waals surface area contributed by atoms with Gasteiger partial charge in [0.1, 0.15) is 0 Å². The third-order valence-corrected chi connectivity index (χ3v) is 2.63. The van der Waals surface area contributed by atoms with Crippen molar-refractivity contribution < 1.29 is 27.8 Å². The van der Waals surface area contributed by atoms with Crippen molar-refractivity contribution >= 4 is 5.91 Å². The zero-order chi connectivity index (χ0) is 16.9. The number of hydrogen-bond acceptors (Lipinski definition) is 5. The average Bonchev–Trinajstić information content (AvgIpc) is 2.43. The topological polar surface area (TPSA) is 82.8 Å². The second-order valence-corrected chi connectivity index (χ2v) is 5.26. The fraction of sp³-hybridized carbons (Fsp3) is 0.500. The number of nitrogens with two attached hydrogens (primary N) is 1. The lowest BCUT2D eigenvalue weighted by Crippen LogP contribution is -2.45. The number of alkyl halides is 2. The molecule has 0 aliphatic carbocycles. The Hall–Kier alpha value is -2.09. The van der Waals surface area contributed by atoms with Gasteiger partial charge < -0.3 is 25.3 Å². The zero-order valence-electron chi connectivity index (χ0n) is 12.9. The van der Waals surface area contributed by atoms with Gasteiger partial charge in [0.25, 0.3) is 5.91 Å². The summed E-state index contributed by atoms with van der Waals surface area (Å²) in [6.07, 6.45) is 0. The summed E-state index contributed by atoms with van der Waals surface area (Å²) in [5.74, 6) is -0.761. The first kappa shape index (κ1) is 18.0. The summed E-state index contributed by atoms with van der Waals surface area (Å²) in [7, 11) is 2.55. The van der Waals surface area contributed by atoms with Crippen LogP contribution in [0.2, 0.25) is 0 Å². The van der Waals surface area contributed by atoms with E-state index in [1.54, 1.807) is 13.8 Å². The highest BCUT2D eigenvalue weighted by Crippen LogP contribution is 2.39. The van der Waals surface area contributed by atoms with Crippen LogP contribution in [0.25, 0.3) is 0 Å². The summed E-state index contributed by atoms with van der Waals surface area (Å²) in [6.45, 7) is 0.717. The number of methoxy groups -OCH3 is 2. The van der Waals surface area contributed by atoms with Crippen molar-refractivity contribution in [3.8, 4) is 17.2 Å². The molecule has 0 unspecified atom stereocenters. The summed E-state index contributed by atoms with van der Waals surface area (Å²) >= 11 is 0. The zero-order valence-corrected chi connectivity index (χ0v) is 12.9. The lowest BCUT2D eigenvalue weighted by Gasteiger charge is -2.19. The average molecular weight is 318 g/mol. The number of nitrogens with one attached hydrogen (secondary N) is 1. The van der Waals surface area contributed by atoms with Crippen LogP contribution in [-0.2, 0) is 0 Å². The fourth-order valence-corrected chi connectivity index (χ4v) is 1.63. The Morgan fingerprint density at radius 2 is 1.77 bits per heavy atom. The van der Waals surface area contributed by atoms with E-state index in [9.17, 15) is 13.6 Å². The van der Waals surface area contributed by atoms with Crippen LogP contribution in [-0.4, -0.2) is 38.8 Å². The molecule has 0 saturated carbocycles. The predicted molar refractivity (Wildman–Crippen MR) is 76.8 cm³/mol. The Balaban J connectivity index is 3.09. The van der Waals surface area contributed by atoms with Gasteiger partial charge >= 0.3 is 6.61 Å². The highest BCUT2D eigenvalue weighted by atomic mass is 19.3. The molecule has 6 nitrogen and oxygen atoms in total. The number of hydrogen-bond donors (Lipinski definition) is 2. The molecule has 1 aromatic carbocycles. The third-order valence-electron chi connectivity index (χ3n) is 2.63. The molecular formula is C14H20F2N2O4. The van der Waals surface area contributed by atoms with Crippen LogP contribution < -0.4 is 25.3 Å². The lowest BCUT2D eigenvalue weighted by molar-refractivity contribution is -0.0526. The number of rotatable bonds is 7. The van der Waals surface area contributed by atoms with Gasteiger partial charge in [0.05, 0.1) is 14.2 Å². The van der Waals surface area contributed by atoms with Gasteiger partial charge in [0, 0.05) is 17.6 Å². The summed E-state index contributed by atoms with van der Waals surface area (Å²) in [5, 5.41) is 2.64. The molecule has 0 radical (unpaired) electrons. The Morgan fingerprint density at radius 3 is 2.14 bits per heavy atom. The molecule has 8 heteroatoms. The Morgan fingerprint density at radius 1 is 1.27 bits per heavy atom. The molecule has 1 aromatic rings. The first-order chi connectivity index (χ1) is 10.2. The molecule has 0 saturated heterocycles. The first-order valence-corrected chi connectivity index (χ1v) is 6.46. The molecule has 0 aromatic heterocycles. The number of ether oxygens (including phenoxy) is 3. The van der Waals surface area contributed by atoms with E-state index in [4.69, 9.17) is 15.2 Å². The van der Waals surface area contributed by atoms with Crippen molar-refractivity contribution in [2.75, 3.05) is 20.8 Å². The van der Waals surface area contributed by atoms with Gasteiger partial charge in [-0.3, -0.25) is 4.79 Å². The van der Waals surface area contributed by atoms with Gasteiger partial charge in [0.15, 0.2) is 11.5 Å². The first-order valence-electron chi connectivity index (χ1n) is 6.46. The summed E-state index contributed by atoms with van der Waals surface area (Å²) in [6, 6.07) is 2.58. The second kappa shape index (κ2) is 7.26. The Kier molecular flexibility index (Phi) is 5.92. The number of carbonyl (C=O) groups excluding carboxylic acids is 1. The quantitative estimate of drug-likeness (QED) is 0.800. The fourth-order valence-electron chi connectivity index (χ4n) is 1.63. The molecule has 0 fully saturated rings. The molecule has 22 heavy (non-hydrogen) atoms. The Bertz CT molecular complexity index is 505. The van der Waals surface area contributed by atoms with Gasteiger partial charge in [-0.2, -0.15) is 8.78 Å². The molecule has 0 bridgehead atoms. The number of halogens is 2. The number of benzene rings is 1. The van der Waals surface area contributed by atoms with Crippen LogP contribution in [0.4, 0.5) is 8.78 Å². The second-order valence-electron chi connectivity index (χ2n) is 5.26. The van der Waals surface area contributed by atoms with Crippen molar-refractivity contribution in [1.82, 2.24) is 5.32 Å². The van der Waals surface area contributed by atoms with Crippen LogP contribution in [0.3, 0.4) is 0 Å². The van der Waals surface area contributed by atoms with Crippen LogP contribution in [0.15, 0.2) is 12.1 Å². The molecule has 0 heterocycles. The molecule has 3 N–H and O–H groups in total. The molecule has 1 rings (SSSR count). The van der Waals surface area contributed by atoms with Gasteiger partial charge in [-0.1, -0.05) is 0 Å². The molecule has 0 spiro atoms. The molecule has 124 valence electrons. The van der Waals surface area contributed by atoms with E-state index in [2.05, 4.69) is 10.1 Å². The van der Waals surface area contributed by atoms with E-state index in [1.165, 1.54) is 26.4 Å². The van der Waals surface area contributed by atoms with Crippen LogP contribution in [0.5, 0.6) is 17.2 Å². The summed E-state index contributed by atoms with van der Waals surface area (Å²) < 4.78 is 39.2. The third kappa shape index (κ3) is 5.03. The minimum Gasteiger partial charge on any atom is -0.493 e. The highest BCUT2D eigenvalue weighted by molar-refractivity contribution is 5.95. The van der Waals surface area contributed by atoms with E-state index < -0.39 is 18.1 Å². The molecule has 0 atom stereocenters. The number of amides is 1. The maximum Gasteiger partial charge on any atom is 0.387 e. The minimum atomic E-state index is -3.04. The van der Waals surface area contributed by atoms with Gasteiger partial charge in [0.2, 0.25) is 5.75 Å².